The highest BCUT2D eigenvalue weighted by Gasteiger charge is 2.48. The second-order valence-corrected chi connectivity index (χ2v) is 4.96. The standard InChI is InChI=1S/C14H11NO5/c16-8-3-1-2-6-10(8)13(19)11(12(6)18)7-4-5-9(17)15-14(7)20/h1-3,7,11,16H,4-5H2,(H,15,17,20). The number of amides is 2. The zero-order valence-electron chi connectivity index (χ0n) is 10.4. The van der Waals surface area contributed by atoms with Crippen molar-refractivity contribution < 1.29 is 24.3 Å². The summed E-state index contributed by atoms with van der Waals surface area (Å²) in [6.45, 7) is 0. The molecule has 20 heavy (non-hydrogen) atoms. The van der Waals surface area contributed by atoms with Gasteiger partial charge in [-0.1, -0.05) is 12.1 Å². The number of nitrogens with one attached hydrogen (secondary N) is 1. The number of benzene rings is 1. The Bertz CT molecular complexity index is 664. The van der Waals surface area contributed by atoms with E-state index in [0.717, 1.165) is 0 Å². The maximum Gasteiger partial charge on any atom is 0.230 e. The number of ketones is 2. The normalized spacial score (nSPS) is 25.6. The number of aromatic hydroxyl groups is 1. The molecule has 3 rings (SSSR count). The quantitative estimate of drug-likeness (QED) is 0.571. The fourth-order valence-corrected chi connectivity index (χ4v) is 2.84. The molecule has 1 heterocycles. The zero-order chi connectivity index (χ0) is 14.4. The first-order valence-electron chi connectivity index (χ1n) is 6.25. The third-order valence-corrected chi connectivity index (χ3v) is 3.80. The highest BCUT2D eigenvalue weighted by Crippen LogP contribution is 2.38. The molecular formula is C14H11NO5. The lowest BCUT2D eigenvalue weighted by Gasteiger charge is -2.23. The van der Waals surface area contributed by atoms with E-state index in [9.17, 15) is 24.3 Å². The fraction of sp³-hybridized carbons (Fsp3) is 0.286. The average Bonchev–Trinajstić information content (AvgIpc) is 2.64. The molecule has 2 aliphatic rings. The van der Waals surface area contributed by atoms with Gasteiger partial charge in [-0.15, -0.1) is 0 Å². The Morgan fingerprint density at radius 1 is 1.10 bits per heavy atom. The van der Waals surface area contributed by atoms with Crippen LogP contribution in [0.3, 0.4) is 0 Å². The van der Waals surface area contributed by atoms with Crippen LogP contribution in [0.25, 0.3) is 0 Å². The van der Waals surface area contributed by atoms with Crippen LogP contribution in [0.2, 0.25) is 0 Å². The van der Waals surface area contributed by atoms with Gasteiger partial charge in [0, 0.05) is 12.0 Å². The number of Topliss-reactive ketones (excluding diaryl/α,β-unsaturated/α-hetero) is 2. The predicted molar refractivity (Wildman–Crippen MR) is 66.1 cm³/mol. The number of phenols is 1. The first kappa shape index (κ1) is 12.5. The van der Waals surface area contributed by atoms with Crippen molar-refractivity contribution in [2.24, 2.45) is 11.8 Å². The Balaban J connectivity index is 2.00. The van der Waals surface area contributed by atoms with Gasteiger partial charge in [-0.2, -0.15) is 0 Å². The number of hydrogen-bond donors (Lipinski definition) is 2. The summed E-state index contributed by atoms with van der Waals surface area (Å²) in [6.07, 6.45) is 0.275. The molecule has 0 saturated carbocycles. The minimum Gasteiger partial charge on any atom is -0.507 e. The van der Waals surface area contributed by atoms with E-state index in [4.69, 9.17) is 0 Å². The second-order valence-electron chi connectivity index (χ2n) is 4.96. The largest absolute Gasteiger partial charge is 0.507 e. The monoisotopic (exact) mass is 273 g/mol. The van der Waals surface area contributed by atoms with Crippen LogP contribution in [0.15, 0.2) is 18.2 Å². The molecule has 6 nitrogen and oxygen atoms in total. The van der Waals surface area contributed by atoms with E-state index in [-0.39, 0.29) is 29.7 Å². The van der Waals surface area contributed by atoms with Crippen LogP contribution in [-0.4, -0.2) is 28.5 Å². The molecule has 1 aliphatic carbocycles. The Morgan fingerprint density at radius 3 is 2.50 bits per heavy atom. The smallest absolute Gasteiger partial charge is 0.230 e. The molecule has 1 aromatic rings. The van der Waals surface area contributed by atoms with Crippen LogP contribution in [-0.2, 0) is 9.59 Å². The van der Waals surface area contributed by atoms with Gasteiger partial charge in [-0.05, 0) is 12.5 Å². The molecule has 2 atom stereocenters. The van der Waals surface area contributed by atoms with Crippen molar-refractivity contribution in [3.05, 3.63) is 29.3 Å². The molecule has 1 aromatic carbocycles. The lowest BCUT2D eigenvalue weighted by atomic mass is 9.82. The number of piperidine rings is 1. The summed E-state index contributed by atoms with van der Waals surface area (Å²) < 4.78 is 0. The summed E-state index contributed by atoms with van der Waals surface area (Å²) in [6, 6.07) is 4.27. The molecule has 0 aromatic heterocycles. The van der Waals surface area contributed by atoms with E-state index in [1.165, 1.54) is 18.2 Å². The minimum absolute atomic E-state index is 0.0211. The Labute approximate surface area is 113 Å². The molecule has 1 fully saturated rings. The van der Waals surface area contributed by atoms with E-state index in [2.05, 4.69) is 5.32 Å². The van der Waals surface area contributed by atoms with Crippen molar-refractivity contribution >= 4 is 23.4 Å². The molecule has 2 amide bonds. The Hall–Kier alpha value is -2.50. The molecule has 1 aliphatic heterocycles. The summed E-state index contributed by atoms with van der Waals surface area (Å²) in [5.41, 5.74) is 0.122. The fourth-order valence-electron chi connectivity index (χ4n) is 2.84. The predicted octanol–water partition coefficient (Wildman–Crippen LogP) is 0.440. The van der Waals surface area contributed by atoms with Crippen LogP contribution < -0.4 is 5.32 Å². The van der Waals surface area contributed by atoms with Gasteiger partial charge in [-0.3, -0.25) is 24.5 Å². The summed E-state index contributed by atoms with van der Waals surface area (Å²) in [5, 5.41) is 11.9. The van der Waals surface area contributed by atoms with Crippen molar-refractivity contribution in [2.75, 3.05) is 0 Å². The van der Waals surface area contributed by atoms with Gasteiger partial charge < -0.3 is 5.11 Å². The molecule has 2 N–H and O–H groups in total. The van der Waals surface area contributed by atoms with Gasteiger partial charge in [-0.25, -0.2) is 0 Å². The molecule has 1 saturated heterocycles. The maximum absolute atomic E-state index is 12.3. The third kappa shape index (κ3) is 1.65. The average molecular weight is 273 g/mol. The third-order valence-electron chi connectivity index (χ3n) is 3.80. The van der Waals surface area contributed by atoms with Gasteiger partial charge in [0.15, 0.2) is 11.6 Å². The molecule has 6 heteroatoms. The lowest BCUT2D eigenvalue weighted by molar-refractivity contribution is -0.137. The highest BCUT2D eigenvalue weighted by atomic mass is 16.3. The van der Waals surface area contributed by atoms with E-state index < -0.39 is 35.2 Å². The van der Waals surface area contributed by atoms with Gasteiger partial charge in [0.2, 0.25) is 11.8 Å². The van der Waals surface area contributed by atoms with Crippen molar-refractivity contribution in [3.63, 3.8) is 0 Å². The van der Waals surface area contributed by atoms with Crippen molar-refractivity contribution in [1.82, 2.24) is 5.32 Å². The number of imide groups is 1. The molecular weight excluding hydrogens is 262 g/mol. The number of fused-ring (bicyclic) bond motifs is 1. The number of phenolic OH excluding ortho intramolecular Hbond substituents is 1. The summed E-state index contributed by atoms with van der Waals surface area (Å²) in [4.78, 5) is 47.5. The number of carbonyl (C=O) groups is 4. The van der Waals surface area contributed by atoms with Crippen LogP contribution in [0.1, 0.15) is 33.6 Å². The number of hydrogen-bond acceptors (Lipinski definition) is 5. The van der Waals surface area contributed by atoms with Crippen molar-refractivity contribution in [2.45, 2.75) is 12.8 Å². The van der Waals surface area contributed by atoms with Gasteiger partial charge in [0.1, 0.15) is 5.75 Å². The second kappa shape index (κ2) is 4.26. The zero-order valence-corrected chi connectivity index (χ0v) is 10.4. The Morgan fingerprint density at radius 2 is 1.85 bits per heavy atom. The first-order chi connectivity index (χ1) is 9.50. The molecule has 2 unspecified atom stereocenters. The molecule has 0 spiro atoms. The van der Waals surface area contributed by atoms with Crippen molar-refractivity contribution in [1.29, 1.82) is 0 Å². The van der Waals surface area contributed by atoms with Crippen LogP contribution >= 0.6 is 0 Å². The Kier molecular flexibility index (Phi) is 2.67. The van der Waals surface area contributed by atoms with E-state index in [1.807, 2.05) is 0 Å². The minimum atomic E-state index is -1.13. The van der Waals surface area contributed by atoms with E-state index in [1.54, 1.807) is 0 Å². The molecule has 0 bridgehead atoms. The summed E-state index contributed by atoms with van der Waals surface area (Å²) in [7, 11) is 0. The number of carbonyl (C=O) groups excluding carboxylic acids is 4. The maximum atomic E-state index is 12.3. The lowest BCUT2D eigenvalue weighted by Crippen LogP contribution is -2.46. The topological polar surface area (TPSA) is 101 Å². The SMILES string of the molecule is O=C1CCC(C2C(=O)c3cccc(O)c3C2=O)C(=O)N1. The van der Waals surface area contributed by atoms with Gasteiger partial charge >= 0.3 is 0 Å². The molecule has 0 radical (unpaired) electrons. The van der Waals surface area contributed by atoms with Crippen LogP contribution in [0.5, 0.6) is 5.75 Å². The van der Waals surface area contributed by atoms with Crippen LogP contribution in [0, 0.1) is 11.8 Å². The van der Waals surface area contributed by atoms with Crippen LogP contribution in [0.4, 0.5) is 0 Å². The summed E-state index contributed by atoms with van der Waals surface area (Å²) >= 11 is 0. The van der Waals surface area contributed by atoms with Crippen molar-refractivity contribution in [3.8, 4) is 5.75 Å². The molecule has 102 valence electrons. The van der Waals surface area contributed by atoms with E-state index in [0.29, 0.717) is 0 Å². The van der Waals surface area contributed by atoms with Gasteiger partial charge in [0.25, 0.3) is 0 Å². The number of rotatable bonds is 1. The summed E-state index contributed by atoms with van der Waals surface area (Å²) in [5.74, 6) is -4.24. The van der Waals surface area contributed by atoms with E-state index >= 15 is 0 Å². The first-order valence-corrected chi connectivity index (χ1v) is 6.25. The highest BCUT2D eigenvalue weighted by molar-refractivity contribution is 6.29. The van der Waals surface area contributed by atoms with Gasteiger partial charge in [0.05, 0.1) is 17.4 Å².